The van der Waals surface area contributed by atoms with Gasteiger partial charge in [0.1, 0.15) is 11.6 Å². The second-order valence-corrected chi connectivity index (χ2v) is 10.0. The Morgan fingerprint density at radius 1 is 1.14 bits per heavy atom. The Morgan fingerprint density at radius 2 is 1.90 bits per heavy atom. The van der Waals surface area contributed by atoms with Crippen LogP contribution in [0.2, 0.25) is 0 Å². The maximum Gasteiger partial charge on any atom is 0.211 e. The van der Waals surface area contributed by atoms with Crippen LogP contribution in [0.1, 0.15) is 23.5 Å². The van der Waals surface area contributed by atoms with Gasteiger partial charge < -0.3 is 4.74 Å². The van der Waals surface area contributed by atoms with Crippen LogP contribution >= 0.6 is 0 Å². The first-order valence-corrected chi connectivity index (χ1v) is 11.8. The normalized spacial score (nSPS) is 25.7. The van der Waals surface area contributed by atoms with Crippen molar-refractivity contribution < 1.29 is 17.5 Å². The molecule has 2 heterocycles. The zero-order chi connectivity index (χ0) is 20.6. The number of nitrogens with zero attached hydrogens (tertiary/aromatic N) is 2. The zero-order valence-corrected chi connectivity index (χ0v) is 17.6. The molecule has 2 aliphatic rings. The fourth-order valence-corrected chi connectivity index (χ4v) is 6.06. The van der Waals surface area contributed by atoms with Gasteiger partial charge in [-0.3, -0.25) is 4.90 Å². The summed E-state index contributed by atoms with van der Waals surface area (Å²) in [7, 11) is -1.63. The lowest BCUT2D eigenvalue weighted by Gasteiger charge is -2.38. The van der Waals surface area contributed by atoms with Gasteiger partial charge in [0.25, 0.3) is 0 Å². The molecule has 5 nitrogen and oxygen atoms in total. The Morgan fingerprint density at radius 3 is 2.55 bits per heavy atom. The van der Waals surface area contributed by atoms with Gasteiger partial charge in [-0.1, -0.05) is 24.3 Å². The molecule has 2 fully saturated rings. The number of sulfonamides is 1. The van der Waals surface area contributed by atoms with Gasteiger partial charge in [-0.25, -0.2) is 12.8 Å². The van der Waals surface area contributed by atoms with E-state index < -0.39 is 10.0 Å². The van der Waals surface area contributed by atoms with E-state index in [2.05, 4.69) is 4.90 Å². The van der Waals surface area contributed by atoms with Crippen molar-refractivity contribution >= 4 is 10.0 Å². The predicted molar refractivity (Wildman–Crippen MR) is 111 cm³/mol. The van der Waals surface area contributed by atoms with Crippen LogP contribution in [0.25, 0.3) is 0 Å². The third-order valence-electron chi connectivity index (χ3n) is 6.23. The summed E-state index contributed by atoms with van der Waals surface area (Å²) in [4.78, 5) is 2.32. The topological polar surface area (TPSA) is 49.9 Å². The lowest BCUT2D eigenvalue weighted by atomic mass is 9.82. The summed E-state index contributed by atoms with van der Waals surface area (Å²) >= 11 is 0. The van der Waals surface area contributed by atoms with E-state index in [4.69, 9.17) is 4.74 Å². The third-order valence-corrected chi connectivity index (χ3v) is 7.50. The van der Waals surface area contributed by atoms with Crippen molar-refractivity contribution in [3.8, 4) is 5.75 Å². The van der Waals surface area contributed by atoms with Crippen LogP contribution in [0.5, 0.6) is 5.75 Å². The first kappa shape index (κ1) is 20.3. The highest BCUT2D eigenvalue weighted by atomic mass is 32.2. The average molecular weight is 419 g/mol. The molecule has 0 N–H and O–H groups in total. The zero-order valence-electron chi connectivity index (χ0n) is 16.8. The molecule has 0 aliphatic carbocycles. The molecule has 0 spiro atoms. The van der Waals surface area contributed by atoms with E-state index in [-0.39, 0.29) is 23.7 Å². The third kappa shape index (κ3) is 4.32. The number of rotatable bonds is 5. The highest BCUT2D eigenvalue weighted by molar-refractivity contribution is 7.88. The molecular formula is C22H27FN2O3S. The van der Waals surface area contributed by atoms with Crippen LogP contribution in [0.15, 0.2) is 48.5 Å². The Kier molecular flexibility index (Phi) is 5.64. The highest BCUT2D eigenvalue weighted by Crippen LogP contribution is 2.43. The first-order chi connectivity index (χ1) is 13.8. The summed E-state index contributed by atoms with van der Waals surface area (Å²) in [5, 5.41) is 0. The Labute approximate surface area is 172 Å². The smallest absolute Gasteiger partial charge is 0.211 e. The lowest BCUT2D eigenvalue weighted by molar-refractivity contribution is 0.130. The molecule has 2 aromatic rings. The first-order valence-electron chi connectivity index (χ1n) is 9.92. The predicted octanol–water partition coefficient (Wildman–Crippen LogP) is 3.08. The molecule has 4 rings (SSSR count). The van der Waals surface area contributed by atoms with Crippen molar-refractivity contribution in [3.05, 3.63) is 65.5 Å². The summed E-state index contributed by atoms with van der Waals surface area (Å²) in [6, 6.07) is 14.7. The molecule has 3 atom stereocenters. The van der Waals surface area contributed by atoms with Crippen molar-refractivity contribution in [3.63, 3.8) is 0 Å². The molecule has 0 amide bonds. The summed E-state index contributed by atoms with van der Waals surface area (Å²) < 4.78 is 45.4. The van der Waals surface area contributed by atoms with Crippen LogP contribution in [0, 0.1) is 11.7 Å². The van der Waals surface area contributed by atoms with E-state index in [1.165, 1.54) is 12.3 Å². The van der Waals surface area contributed by atoms with Gasteiger partial charge in [-0.15, -0.1) is 0 Å². The number of benzene rings is 2. The lowest BCUT2D eigenvalue weighted by Crippen LogP contribution is -2.47. The van der Waals surface area contributed by atoms with Crippen molar-refractivity contribution in [2.75, 3.05) is 33.0 Å². The van der Waals surface area contributed by atoms with E-state index in [0.717, 1.165) is 36.4 Å². The van der Waals surface area contributed by atoms with E-state index in [0.29, 0.717) is 13.1 Å². The number of ether oxygens (including phenoxy) is 1. The Hall–Kier alpha value is -1.96. The van der Waals surface area contributed by atoms with Gasteiger partial charge in [0.2, 0.25) is 10.0 Å². The maximum absolute atomic E-state index is 13.6. The molecule has 0 bridgehead atoms. The van der Waals surface area contributed by atoms with Gasteiger partial charge in [0.05, 0.1) is 13.4 Å². The maximum atomic E-state index is 13.6. The van der Waals surface area contributed by atoms with Crippen LogP contribution in [-0.2, 0) is 16.6 Å². The van der Waals surface area contributed by atoms with Gasteiger partial charge in [-0.05, 0) is 47.7 Å². The molecule has 156 valence electrons. The van der Waals surface area contributed by atoms with Gasteiger partial charge >= 0.3 is 0 Å². The standard InChI is InChI=1S/C22H27FN2O3S/c1-28-19-8-6-17(7-9-19)20-15-25(29(2,26)27)22-10-11-24(14-21(20)22)13-16-4-3-5-18(23)12-16/h3-9,12,20-22H,10-11,13-15H2,1-2H3/t20-,21-,22-/m1/s1. The van der Waals surface area contributed by atoms with Crippen molar-refractivity contribution in [1.29, 1.82) is 0 Å². The van der Waals surface area contributed by atoms with Crippen molar-refractivity contribution in [2.45, 2.75) is 24.9 Å². The average Bonchev–Trinajstić information content (AvgIpc) is 3.07. The molecule has 7 heteroatoms. The number of halogens is 1. The largest absolute Gasteiger partial charge is 0.497 e. The fourth-order valence-electron chi connectivity index (χ4n) is 4.88. The molecular weight excluding hydrogens is 391 g/mol. The van der Waals surface area contributed by atoms with E-state index in [9.17, 15) is 12.8 Å². The molecule has 0 saturated carbocycles. The van der Waals surface area contributed by atoms with Gasteiger partial charge in [0, 0.05) is 38.1 Å². The molecule has 2 aliphatic heterocycles. The highest BCUT2D eigenvalue weighted by Gasteiger charge is 2.48. The molecule has 0 aromatic heterocycles. The number of methoxy groups -OCH3 is 1. The number of hydrogen-bond acceptors (Lipinski definition) is 4. The minimum atomic E-state index is -3.27. The van der Waals surface area contributed by atoms with Crippen LogP contribution in [0.3, 0.4) is 0 Å². The van der Waals surface area contributed by atoms with Crippen LogP contribution in [-0.4, -0.2) is 56.7 Å². The SMILES string of the molecule is COc1ccc([C@H]2CN(S(C)(=O)=O)[C@@H]3CCN(Cc4cccc(F)c4)C[C@H]23)cc1. The minimum Gasteiger partial charge on any atom is -0.497 e. The summed E-state index contributed by atoms with van der Waals surface area (Å²) in [6.45, 7) is 2.78. The summed E-state index contributed by atoms with van der Waals surface area (Å²) in [6.07, 6.45) is 2.10. The van der Waals surface area contributed by atoms with Crippen molar-refractivity contribution in [1.82, 2.24) is 9.21 Å². The fraction of sp³-hybridized carbons (Fsp3) is 0.455. The summed E-state index contributed by atoms with van der Waals surface area (Å²) in [5.41, 5.74) is 2.09. The summed E-state index contributed by atoms with van der Waals surface area (Å²) in [5.74, 6) is 0.911. The number of hydrogen-bond donors (Lipinski definition) is 0. The monoisotopic (exact) mass is 418 g/mol. The van der Waals surface area contributed by atoms with Crippen LogP contribution < -0.4 is 4.74 Å². The van der Waals surface area contributed by atoms with Crippen molar-refractivity contribution in [2.24, 2.45) is 5.92 Å². The van der Waals surface area contributed by atoms with E-state index in [1.807, 2.05) is 30.3 Å². The molecule has 2 saturated heterocycles. The van der Waals surface area contributed by atoms with E-state index >= 15 is 0 Å². The molecule has 0 radical (unpaired) electrons. The Balaban J connectivity index is 1.58. The molecule has 0 unspecified atom stereocenters. The second-order valence-electron chi connectivity index (χ2n) is 8.10. The van der Waals surface area contributed by atoms with Crippen LogP contribution in [0.4, 0.5) is 4.39 Å². The second kappa shape index (κ2) is 8.05. The molecule has 29 heavy (non-hydrogen) atoms. The van der Waals surface area contributed by atoms with Gasteiger partial charge in [0.15, 0.2) is 0 Å². The minimum absolute atomic E-state index is 0.0147. The number of piperidine rings is 1. The van der Waals surface area contributed by atoms with Gasteiger partial charge in [-0.2, -0.15) is 4.31 Å². The number of fused-ring (bicyclic) bond motifs is 1. The number of likely N-dealkylation sites (tertiary alicyclic amines) is 1. The van der Waals surface area contributed by atoms with E-state index in [1.54, 1.807) is 23.5 Å². The quantitative estimate of drug-likeness (QED) is 0.749. The molecule has 2 aromatic carbocycles. The Bertz CT molecular complexity index is 964.